The van der Waals surface area contributed by atoms with Gasteiger partial charge in [-0.05, 0) is 110 Å². The summed E-state index contributed by atoms with van der Waals surface area (Å²) in [6.45, 7) is 9.31. The van der Waals surface area contributed by atoms with Crippen molar-refractivity contribution in [1.29, 1.82) is 0 Å². The number of anilines is 1. The number of sulfonamides is 1. The number of H-pyrrole nitrogens is 1. The standard InChI is InChI=1S/C49H56ClF3N7O6PS/c1-48(2)17-15-36(42(30-48)33-5-9-37(50)10-6-33)32-57-19-21-58(22-20-57)38-11-13-41(44(28-38)66-39-27-35-16-18-54-46(35)55-31-39)47(61)56-68(64,65)40-12-7-34(43(29-40)60(62)63)8-14-45(49(51,52)53)59-23-25-67(3,4)26-24-59/h5-7,9-13,16,18,27-29,31,45H,3,8,14-15,17,19-26,30,32H2,1-2,4H3,(H,54,55)(H,56,61). The van der Waals surface area contributed by atoms with E-state index < -0.39 is 57.0 Å². The fraction of sp³-hybridized carbons (Fsp3) is 0.408. The fourth-order valence-corrected chi connectivity index (χ4v) is 12.2. The number of aromatic amines is 1. The molecule has 4 heterocycles. The van der Waals surface area contributed by atoms with Gasteiger partial charge in [-0.15, -0.1) is 13.2 Å². The zero-order chi connectivity index (χ0) is 48.6. The monoisotopic (exact) mass is 993 g/mol. The molecule has 1 aliphatic carbocycles. The van der Waals surface area contributed by atoms with Gasteiger partial charge in [0.25, 0.3) is 21.6 Å². The number of hydrogen-bond acceptors (Lipinski definition) is 10. The van der Waals surface area contributed by atoms with E-state index in [-0.39, 0.29) is 47.6 Å². The van der Waals surface area contributed by atoms with Crippen LogP contribution in [0, 0.1) is 15.5 Å². The molecule has 1 amide bonds. The van der Waals surface area contributed by atoms with Crippen LogP contribution in [0.1, 0.15) is 61.0 Å². The van der Waals surface area contributed by atoms with Crippen molar-refractivity contribution >= 4 is 68.7 Å². The van der Waals surface area contributed by atoms with Gasteiger partial charge in [0.2, 0.25) is 0 Å². The molecule has 1 unspecified atom stereocenters. The number of aromatic nitrogens is 2. The summed E-state index contributed by atoms with van der Waals surface area (Å²) < 4.78 is 78.8. The van der Waals surface area contributed by atoms with Crippen LogP contribution in [0.2, 0.25) is 5.02 Å². The molecule has 2 fully saturated rings. The minimum atomic E-state index is -4.75. The van der Waals surface area contributed by atoms with Crippen LogP contribution in [0.5, 0.6) is 11.5 Å². The molecule has 0 saturated carbocycles. The van der Waals surface area contributed by atoms with Gasteiger partial charge in [0.05, 0.1) is 21.6 Å². The molecule has 2 N–H and O–H groups in total. The first-order chi connectivity index (χ1) is 32.1. The number of carbonyl (C=O) groups is 1. The highest BCUT2D eigenvalue weighted by Gasteiger charge is 2.44. The van der Waals surface area contributed by atoms with Gasteiger partial charge >= 0.3 is 6.18 Å². The van der Waals surface area contributed by atoms with Gasteiger partial charge in [-0.3, -0.25) is 24.7 Å². The molecule has 3 aliphatic rings. The van der Waals surface area contributed by atoms with Crippen LogP contribution in [0.25, 0.3) is 16.6 Å². The number of allylic oxidation sites excluding steroid dienone is 1. The molecule has 2 saturated heterocycles. The SMILES string of the molecule is C=P1(C)CCN(C(CCc2ccc(S(=O)(=O)NC(=O)c3ccc(N4CCN(CC5=C(c6ccc(Cl)cc6)CC(C)(C)CC5)CC4)cc3Oc3cnc4[nH]ccc4c3)cc2[N+](=O)[O-])C(F)(F)F)CC1. The van der Waals surface area contributed by atoms with Gasteiger partial charge in [0.15, 0.2) is 0 Å². The van der Waals surface area contributed by atoms with E-state index >= 15 is 0 Å². The number of halogens is 4. The zero-order valence-corrected chi connectivity index (χ0v) is 40.8. The van der Waals surface area contributed by atoms with Crippen LogP contribution in [-0.4, -0.2) is 122 Å². The van der Waals surface area contributed by atoms with Crippen molar-refractivity contribution in [3.63, 3.8) is 0 Å². The number of ether oxygens (including phenoxy) is 1. The maximum atomic E-state index is 14.3. The number of carbonyl (C=O) groups excluding carboxylic acids is 1. The molecule has 13 nitrogen and oxygen atoms in total. The van der Waals surface area contributed by atoms with E-state index in [1.165, 1.54) is 33.9 Å². The Morgan fingerprint density at radius 2 is 1.75 bits per heavy atom. The van der Waals surface area contributed by atoms with Crippen LogP contribution in [0.15, 0.2) is 95.7 Å². The number of amides is 1. The summed E-state index contributed by atoms with van der Waals surface area (Å²) in [6, 6.07) is 17.6. The quantitative estimate of drug-likeness (QED) is 0.0624. The highest BCUT2D eigenvalue weighted by molar-refractivity contribution is 7.90. The number of benzene rings is 3. The molecule has 1 atom stereocenters. The van der Waals surface area contributed by atoms with Gasteiger partial charge in [-0.1, -0.05) is 49.2 Å². The second-order valence-electron chi connectivity index (χ2n) is 19.2. The minimum Gasteiger partial charge on any atom is -0.455 e. The predicted octanol–water partition coefficient (Wildman–Crippen LogP) is 10.1. The number of pyridine rings is 1. The van der Waals surface area contributed by atoms with Crippen molar-refractivity contribution in [2.75, 3.05) is 69.7 Å². The normalized spacial score (nSPS) is 18.7. The lowest BCUT2D eigenvalue weighted by atomic mass is 9.72. The first-order valence-corrected chi connectivity index (χ1v) is 27.3. The van der Waals surface area contributed by atoms with E-state index in [1.54, 1.807) is 30.5 Å². The fourth-order valence-electron chi connectivity index (χ4n) is 9.43. The maximum Gasteiger partial charge on any atom is 0.404 e. The number of nitrogens with one attached hydrogen (secondary N) is 2. The van der Waals surface area contributed by atoms with Crippen molar-refractivity contribution in [2.24, 2.45) is 5.41 Å². The van der Waals surface area contributed by atoms with Crippen molar-refractivity contribution in [1.82, 2.24) is 24.5 Å². The van der Waals surface area contributed by atoms with Crippen molar-refractivity contribution in [2.45, 2.75) is 63.1 Å². The molecule has 0 radical (unpaired) electrons. The summed E-state index contributed by atoms with van der Waals surface area (Å²) in [5.41, 5.74) is 4.72. The van der Waals surface area contributed by atoms with Crippen LogP contribution in [0.3, 0.4) is 0 Å². The minimum absolute atomic E-state index is 0.0489. The predicted molar refractivity (Wildman–Crippen MR) is 264 cm³/mol. The van der Waals surface area contributed by atoms with E-state index in [9.17, 15) is 36.5 Å². The van der Waals surface area contributed by atoms with Crippen LogP contribution in [-0.2, 0) is 16.4 Å². The zero-order valence-electron chi connectivity index (χ0n) is 38.3. The number of piperazine rings is 1. The van der Waals surface area contributed by atoms with E-state index in [2.05, 4.69) is 52.0 Å². The number of fused-ring (bicyclic) bond motifs is 1. The summed E-state index contributed by atoms with van der Waals surface area (Å²) >= 11 is 6.24. The number of nitro benzene ring substituents is 1. The molecule has 68 heavy (non-hydrogen) atoms. The van der Waals surface area contributed by atoms with E-state index in [0.717, 1.165) is 68.2 Å². The summed E-state index contributed by atoms with van der Waals surface area (Å²) in [6.07, 6.45) is 6.30. The molecule has 0 bridgehead atoms. The Balaban J connectivity index is 0.997. The number of aryl methyl sites for hydroxylation is 1. The third kappa shape index (κ3) is 11.6. The van der Waals surface area contributed by atoms with Gasteiger partial charge in [0.1, 0.15) is 23.2 Å². The third-order valence-corrected chi connectivity index (χ3v) is 17.6. The second-order valence-corrected chi connectivity index (χ2v) is 25.5. The van der Waals surface area contributed by atoms with Crippen LogP contribution in [0.4, 0.5) is 24.5 Å². The average molecular weight is 995 g/mol. The lowest BCUT2D eigenvalue weighted by molar-refractivity contribution is -0.385. The van der Waals surface area contributed by atoms with Crippen LogP contribution >= 0.6 is 18.5 Å². The highest BCUT2D eigenvalue weighted by Crippen LogP contribution is 2.45. The molecule has 2 aromatic heterocycles. The second kappa shape index (κ2) is 19.7. The Bertz CT molecular complexity index is 2890. The Morgan fingerprint density at radius 3 is 2.44 bits per heavy atom. The number of hydrogen-bond donors (Lipinski definition) is 2. The third-order valence-electron chi connectivity index (χ3n) is 13.5. The summed E-state index contributed by atoms with van der Waals surface area (Å²) in [5.74, 6) is -0.722. The number of nitrogens with zero attached hydrogens (tertiary/aromatic N) is 5. The van der Waals surface area contributed by atoms with E-state index in [4.69, 9.17) is 16.3 Å². The first-order valence-electron chi connectivity index (χ1n) is 22.7. The van der Waals surface area contributed by atoms with E-state index in [1.807, 2.05) is 23.5 Å². The lowest BCUT2D eigenvalue weighted by Gasteiger charge is -2.39. The Morgan fingerprint density at radius 1 is 1.03 bits per heavy atom. The first kappa shape index (κ1) is 49.2. The van der Waals surface area contributed by atoms with Crippen LogP contribution < -0.4 is 14.4 Å². The van der Waals surface area contributed by atoms with Gasteiger partial charge < -0.3 is 14.6 Å². The molecule has 0 spiro atoms. The van der Waals surface area contributed by atoms with Gasteiger partial charge in [-0.25, -0.2) is 18.1 Å². The molecule has 3 aromatic carbocycles. The van der Waals surface area contributed by atoms with Gasteiger partial charge in [-0.2, -0.15) is 13.2 Å². The lowest BCUT2D eigenvalue weighted by Crippen LogP contribution is -2.50. The average Bonchev–Trinajstić information content (AvgIpc) is 3.75. The highest BCUT2D eigenvalue weighted by atomic mass is 35.5. The smallest absolute Gasteiger partial charge is 0.404 e. The molecule has 19 heteroatoms. The molecule has 5 aromatic rings. The molecular formula is C49H56ClF3N7O6PS. The Kier molecular flexibility index (Phi) is 14.2. The number of nitro groups is 1. The molecule has 8 rings (SSSR count). The number of alkyl halides is 3. The maximum absolute atomic E-state index is 14.3. The number of rotatable bonds is 14. The topological polar surface area (TPSA) is 154 Å². The van der Waals surface area contributed by atoms with Crippen molar-refractivity contribution in [3.05, 3.63) is 123 Å². The van der Waals surface area contributed by atoms with Crippen molar-refractivity contribution in [3.8, 4) is 11.5 Å². The molecule has 362 valence electrons. The molecule has 2 aliphatic heterocycles. The van der Waals surface area contributed by atoms with Crippen molar-refractivity contribution < 1.29 is 36.0 Å². The van der Waals surface area contributed by atoms with Gasteiger partial charge in [0, 0.05) is 85.8 Å². The summed E-state index contributed by atoms with van der Waals surface area (Å²) in [7, 11) is -4.75. The summed E-state index contributed by atoms with van der Waals surface area (Å²) in [4.78, 5) is 38.2. The summed E-state index contributed by atoms with van der Waals surface area (Å²) in [5, 5.41) is 13.7. The van der Waals surface area contributed by atoms with E-state index in [0.29, 0.717) is 36.1 Å². The molecular weight excluding hydrogens is 938 g/mol. The Hall–Kier alpha value is -5.19. The largest absolute Gasteiger partial charge is 0.455 e. The Labute approximate surface area is 399 Å².